The van der Waals surface area contributed by atoms with Gasteiger partial charge in [0.05, 0.1) is 32.9 Å². The van der Waals surface area contributed by atoms with Gasteiger partial charge in [0.25, 0.3) is 5.56 Å². The summed E-state index contributed by atoms with van der Waals surface area (Å²) in [5, 5.41) is 10.7. The van der Waals surface area contributed by atoms with Crippen molar-refractivity contribution in [1.29, 1.82) is 0 Å². The van der Waals surface area contributed by atoms with Crippen molar-refractivity contribution in [3.63, 3.8) is 0 Å². The second-order valence-electron chi connectivity index (χ2n) is 16.0. The van der Waals surface area contributed by atoms with Gasteiger partial charge in [0.1, 0.15) is 37.6 Å². The number of methoxy groups -OCH3 is 1. The third kappa shape index (κ3) is 16.9. The number of esters is 1. The molecule has 6 amide bonds. The van der Waals surface area contributed by atoms with Gasteiger partial charge in [0, 0.05) is 45.7 Å². The van der Waals surface area contributed by atoms with Crippen LogP contribution in [0.15, 0.2) is 59.1 Å². The van der Waals surface area contributed by atoms with Gasteiger partial charge in [0.15, 0.2) is 28.6 Å². The van der Waals surface area contributed by atoms with Crippen molar-refractivity contribution < 1.29 is 43.0 Å². The number of aliphatic imine (C=N–C) groups is 1. The molecule has 1 atom stereocenters. The lowest BCUT2D eigenvalue weighted by molar-refractivity contribution is -0.145. The van der Waals surface area contributed by atoms with Gasteiger partial charge in [-0.3, -0.25) is 38.7 Å². The number of hydrogen-bond donors (Lipinski definition) is 9. The Bertz CT molecular complexity index is 2760. The topological polar surface area (TPSA) is 416 Å². The van der Waals surface area contributed by atoms with Crippen LogP contribution in [0.5, 0.6) is 0 Å². The van der Waals surface area contributed by atoms with E-state index in [9.17, 15) is 38.4 Å². The van der Waals surface area contributed by atoms with Crippen LogP contribution in [-0.4, -0.2) is 162 Å². The first-order chi connectivity index (χ1) is 34.6. The maximum atomic E-state index is 13.8. The first kappa shape index (κ1) is 54.0. The zero-order chi connectivity index (χ0) is 52.0. The molecule has 1 aromatic carbocycles. The van der Waals surface area contributed by atoms with Gasteiger partial charge < -0.3 is 72.6 Å². The molecule has 386 valence electrons. The van der Waals surface area contributed by atoms with Crippen molar-refractivity contribution >= 4 is 81.7 Å². The Hall–Kier alpha value is -8.92. The maximum Gasteiger partial charge on any atom is 0.407 e. The Morgan fingerprint density at radius 3 is 2.07 bits per heavy atom. The van der Waals surface area contributed by atoms with Gasteiger partial charge in [-0.2, -0.15) is 4.98 Å². The van der Waals surface area contributed by atoms with Crippen LogP contribution in [0.2, 0.25) is 0 Å². The van der Waals surface area contributed by atoms with Gasteiger partial charge in [0.2, 0.25) is 35.5 Å². The number of anilines is 2. The highest BCUT2D eigenvalue weighted by Crippen LogP contribution is 2.15. The van der Waals surface area contributed by atoms with Gasteiger partial charge >= 0.3 is 12.1 Å². The molecule has 0 bridgehead atoms. The fourth-order valence-corrected chi connectivity index (χ4v) is 7.01. The normalized spacial score (nSPS) is 11.3. The number of nitrogen functional groups attached to an aromatic ring is 2. The number of guanidine groups is 1. The van der Waals surface area contributed by atoms with Crippen molar-refractivity contribution in [3.8, 4) is 0 Å². The van der Waals surface area contributed by atoms with E-state index in [2.05, 4.69) is 56.2 Å². The van der Waals surface area contributed by atoms with Crippen LogP contribution in [-0.2, 0) is 57.9 Å². The molecule has 0 aliphatic rings. The SMILES string of the molecule is COC(=O)[C@H](CCCN=C(N)N)NC(=O)CCCCCNC(=O)CN(CCNC(=O)CN(CCNC(=O)OCc1ccccc1)C(=O)Cn1cnc2c(N)ncnc21)C(=O)Cn1cnc2c(=O)[nH]c(N)nc21. The first-order valence-electron chi connectivity index (χ1n) is 22.7. The predicted octanol–water partition coefficient (Wildman–Crippen LogP) is -2.79. The first-order valence-corrected chi connectivity index (χ1v) is 22.7. The third-order valence-corrected chi connectivity index (χ3v) is 10.6. The van der Waals surface area contributed by atoms with Crippen molar-refractivity contribution in [2.24, 2.45) is 16.5 Å². The number of aromatic amines is 1. The van der Waals surface area contributed by atoms with Gasteiger partial charge in [-0.05, 0) is 31.2 Å². The van der Waals surface area contributed by atoms with Crippen molar-refractivity contribution in [2.45, 2.75) is 64.3 Å². The molecule has 0 aliphatic heterocycles. The number of imidazole rings is 2. The minimum absolute atomic E-state index is 0.0114. The molecule has 4 heterocycles. The molecule has 29 heteroatoms. The van der Waals surface area contributed by atoms with E-state index in [-0.39, 0.29) is 111 Å². The summed E-state index contributed by atoms with van der Waals surface area (Å²) in [6.07, 6.45) is 5.33. The van der Waals surface area contributed by atoms with E-state index >= 15 is 0 Å². The largest absolute Gasteiger partial charge is 0.467 e. The van der Waals surface area contributed by atoms with E-state index < -0.39 is 66.9 Å². The fraction of sp³-hybridized carbons (Fsp3) is 0.442. The highest BCUT2D eigenvalue weighted by atomic mass is 16.5. The van der Waals surface area contributed by atoms with Crippen LogP contribution < -0.4 is 49.8 Å². The highest BCUT2D eigenvalue weighted by molar-refractivity contribution is 5.88. The number of unbranched alkanes of at least 4 members (excludes halogenated alkanes) is 2. The lowest BCUT2D eigenvalue weighted by Crippen LogP contribution is -2.48. The van der Waals surface area contributed by atoms with E-state index in [0.717, 1.165) is 5.56 Å². The fourth-order valence-electron chi connectivity index (χ4n) is 7.01. The third-order valence-electron chi connectivity index (χ3n) is 10.6. The number of nitrogens with one attached hydrogen (secondary N) is 5. The van der Waals surface area contributed by atoms with E-state index in [1.54, 1.807) is 24.3 Å². The molecule has 0 spiro atoms. The van der Waals surface area contributed by atoms with E-state index in [0.29, 0.717) is 25.7 Å². The summed E-state index contributed by atoms with van der Waals surface area (Å²) in [7, 11) is 1.22. The molecule has 0 unspecified atom stereocenters. The van der Waals surface area contributed by atoms with Crippen molar-refractivity contribution in [3.05, 3.63) is 65.2 Å². The highest BCUT2D eigenvalue weighted by Gasteiger charge is 2.24. The summed E-state index contributed by atoms with van der Waals surface area (Å²) < 4.78 is 12.8. The number of nitrogens with zero attached hydrogens (tertiary/aromatic N) is 10. The Morgan fingerprint density at radius 2 is 1.40 bits per heavy atom. The Labute approximate surface area is 410 Å². The predicted molar refractivity (Wildman–Crippen MR) is 258 cm³/mol. The van der Waals surface area contributed by atoms with Crippen LogP contribution in [0, 0.1) is 0 Å². The number of benzene rings is 1. The van der Waals surface area contributed by atoms with Crippen molar-refractivity contribution in [2.75, 3.05) is 70.9 Å². The Morgan fingerprint density at radius 1 is 0.764 bits per heavy atom. The minimum Gasteiger partial charge on any atom is -0.467 e. The lowest BCUT2D eigenvalue weighted by Gasteiger charge is -2.24. The maximum absolute atomic E-state index is 13.8. The van der Waals surface area contributed by atoms with Gasteiger partial charge in [-0.15, -0.1) is 0 Å². The van der Waals surface area contributed by atoms with Crippen LogP contribution >= 0.6 is 0 Å². The number of rotatable bonds is 28. The number of ether oxygens (including phenoxy) is 2. The smallest absolute Gasteiger partial charge is 0.407 e. The molecule has 13 N–H and O–H groups in total. The standard InChI is InChI=1S/C43H59N19O10/c1-71-40(69)28(11-8-14-50-41(45)46)56-29(63)12-6-3-7-13-48-30(64)19-59(33(67)22-62-26-55-35-38(62)57-42(47)58-39(35)68)17-15-49-31(65)20-60(18-16-51-43(70)72-23-27-9-4-2-5-10-27)32(66)21-61-25-54-34-36(44)52-24-53-37(34)61/h2,4-5,9-10,24-26,28H,3,6-8,11-23H2,1H3,(H,48,64)(H,49,65)(H,51,70)(H,56,63)(H2,44,52,53)(H4,45,46,50)(H3,47,57,58,68)/t28-/m0/s1. The van der Waals surface area contributed by atoms with Crippen LogP contribution in [0.3, 0.4) is 0 Å². The second kappa shape index (κ2) is 27.3. The number of carbonyl (C=O) groups is 7. The molecular formula is C43H59N19O10. The van der Waals surface area contributed by atoms with Gasteiger partial charge in [-0.1, -0.05) is 36.8 Å². The quantitative estimate of drug-likeness (QED) is 0.0106. The average Bonchev–Trinajstić information content (AvgIpc) is 3.96. The molecular weight excluding hydrogens is 943 g/mol. The number of aromatic nitrogens is 8. The summed E-state index contributed by atoms with van der Waals surface area (Å²) in [6.45, 7) is -1.70. The second-order valence-corrected chi connectivity index (χ2v) is 16.0. The Kier molecular flexibility index (Phi) is 20.5. The molecule has 0 radical (unpaired) electrons. The van der Waals surface area contributed by atoms with Crippen LogP contribution in [0.4, 0.5) is 16.6 Å². The van der Waals surface area contributed by atoms with Crippen LogP contribution in [0.1, 0.15) is 44.1 Å². The average molecular weight is 1000 g/mol. The minimum atomic E-state index is -0.868. The molecule has 0 aliphatic carbocycles. The summed E-state index contributed by atoms with van der Waals surface area (Å²) in [6, 6.07) is 8.15. The van der Waals surface area contributed by atoms with Crippen molar-refractivity contribution in [1.82, 2.24) is 70.1 Å². The number of fused-ring (bicyclic) bond motifs is 2. The molecule has 0 fully saturated rings. The molecule has 29 nitrogen and oxygen atoms in total. The van der Waals surface area contributed by atoms with Gasteiger partial charge in [-0.25, -0.2) is 29.5 Å². The number of hydrogen-bond acceptors (Lipinski definition) is 18. The molecule has 4 aromatic heterocycles. The molecule has 5 rings (SSSR count). The number of alkyl carbamates (subject to hydrolysis) is 1. The monoisotopic (exact) mass is 1000 g/mol. The molecule has 0 saturated carbocycles. The van der Waals surface area contributed by atoms with Crippen LogP contribution in [0.25, 0.3) is 22.3 Å². The number of carbonyl (C=O) groups excluding carboxylic acids is 7. The summed E-state index contributed by atoms with van der Waals surface area (Å²) >= 11 is 0. The zero-order valence-electron chi connectivity index (χ0n) is 39.6. The molecule has 5 aromatic rings. The van der Waals surface area contributed by atoms with E-state index in [1.807, 2.05) is 6.07 Å². The summed E-state index contributed by atoms with van der Waals surface area (Å²) in [5.74, 6) is -3.45. The van der Waals surface area contributed by atoms with E-state index in [1.165, 1.54) is 45.0 Å². The molecule has 0 saturated heterocycles. The number of amides is 6. The zero-order valence-corrected chi connectivity index (χ0v) is 39.6. The number of H-pyrrole nitrogens is 1. The summed E-state index contributed by atoms with van der Waals surface area (Å²) in [5.41, 5.74) is 23.0. The summed E-state index contributed by atoms with van der Waals surface area (Å²) in [4.78, 5) is 133. The molecule has 72 heavy (non-hydrogen) atoms. The Balaban J connectivity index is 1.16. The number of nitrogens with two attached hydrogens (primary N) is 4. The lowest BCUT2D eigenvalue weighted by atomic mass is 10.1. The van der Waals surface area contributed by atoms with E-state index in [4.69, 9.17) is 32.4 Å².